The molecule has 0 bridgehead atoms. The lowest BCUT2D eigenvalue weighted by atomic mass is 9.79. The van der Waals surface area contributed by atoms with E-state index in [1.54, 1.807) is 0 Å². The fourth-order valence-electron chi connectivity index (χ4n) is 2.25. The van der Waals surface area contributed by atoms with E-state index in [1.165, 1.54) is 0 Å². The first-order chi connectivity index (χ1) is 8.31. The minimum atomic E-state index is 0.481. The molecule has 1 saturated carbocycles. The van der Waals surface area contributed by atoms with Crippen LogP contribution in [0.15, 0.2) is 10.6 Å². The van der Waals surface area contributed by atoms with Gasteiger partial charge in [0.05, 0.1) is 18.8 Å². The van der Waals surface area contributed by atoms with E-state index in [4.69, 9.17) is 9.15 Å². The minimum absolute atomic E-state index is 0.481. The maximum absolute atomic E-state index is 5.67. The highest BCUT2D eigenvalue weighted by Gasteiger charge is 2.30. The van der Waals surface area contributed by atoms with Gasteiger partial charge in [0, 0.05) is 13.0 Å². The fourth-order valence-corrected chi connectivity index (χ4v) is 2.25. The predicted octanol–water partition coefficient (Wildman–Crippen LogP) is 2.14. The fraction of sp³-hybridized carbons (Fsp3) is 0.769. The van der Waals surface area contributed by atoms with Crippen LogP contribution in [-0.2, 0) is 17.7 Å². The summed E-state index contributed by atoms with van der Waals surface area (Å²) in [5.74, 6) is 2.52. The van der Waals surface area contributed by atoms with E-state index in [0.717, 1.165) is 50.6 Å². The van der Waals surface area contributed by atoms with Gasteiger partial charge < -0.3 is 14.5 Å². The third kappa shape index (κ3) is 3.54. The van der Waals surface area contributed by atoms with E-state index < -0.39 is 0 Å². The van der Waals surface area contributed by atoms with Gasteiger partial charge in [-0.3, -0.25) is 0 Å². The van der Waals surface area contributed by atoms with Crippen molar-refractivity contribution in [1.29, 1.82) is 0 Å². The largest absolute Gasteiger partial charge is 0.444 e. The third-order valence-corrected chi connectivity index (χ3v) is 3.21. The number of aromatic nitrogens is 1. The lowest BCUT2D eigenvalue weighted by molar-refractivity contribution is -0.0252. The maximum atomic E-state index is 5.67. The predicted molar refractivity (Wildman–Crippen MR) is 65.7 cm³/mol. The molecule has 1 aliphatic carbocycles. The van der Waals surface area contributed by atoms with Crippen LogP contribution in [0.5, 0.6) is 0 Å². The zero-order chi connectivity index (χ0) is 12.1. The molecule has 96 valence electrons. The number of nitrogens with one attached hydrogen (secondary N) is 1. The van der Waals surface area contributed by atoms with E-state index >= 15 is 0 Å². The average molecular weight is 238 g/mol. The van der Waals surface area contributed by atoms with Gasteiger partial charge in [-0.05, 0) is 32.2 Å². The maximum Gasteiger partial charge on any atom is 0.208 e. The molecule has 0 atom stereocenters. The SMILES string of the molecule is CCNCc1ncc(CC2CC(OCC)C2)o1. The lowest BCUT2D eigenvalue weighted by Crippen LogP contribution is -2.32. The van der Waals surface area contributed by atoms with Gasteiger partial charge in [0.15, 0.2) is 0 Å². The van der Waals surface area contributed by atoms with Crippen molar-refractivity contribution >= 4 is 0 Å². The second kappa shape index (κ2) is 6.17. The average Bonchev–Trinajstić information content (AvgIpc) is 2.71. The molecule has 0 radical (unpaired) electrons. The number of hydrogen-bond acceptors (Lipinski definition) is 4. The first kappa shape index (κ1) is 12.6. The van der Waals surface area contributed by atoms with Gasteiger partial charge in [-0.1, -0.05) is 6.92 Å². The Morgan fingerprint density at radius 3 is 3.00 bits per heavy atom. The highest BCUT2D eigenvalue weighted by atomic mass is 16.5. The molecular formula is C13H22N2O2. The Bertz CT molecular complexity index is 332. The molecular weight excluding hydrogens is 216 g/mol. The van der Waals surface area contributed by atoms with Crippen LogP contribution >= 0.6 is 0 Å². The molecule has 0 saturated heterocycles. The topological polar surface area (TPSA) is 47.3 Å². The molecule has 1 aromatic rings. The molecule has 1 heterocycles. The Kier molecular flexibility index (Phi) is 4.57. The molecule has 1 aromatic heterocycles. The minimum Gasteiger partial charge on any atom is -0.444 e. The molecule has 4 nitrogen and oxygen atoms in total. The molecule has 1 aliphatic rings. The number of oxazole rings is 1. The first-order valence-corrected chi connectivity index (χ1v) is 6.57. The summed E-state index contributed by atoms with van der Waals surface area (Å²) >= 11 is 0. The summed E-state index contributed by atoms with van der Waals surface area (Å²) in [7, 11) is 0. The van der Waals surface area contributed by atoms with Gasteiger partial charge in [0.25, 0.3) is 0 Å². The summed E-state index contributed by atoms with van der Waals surface area (Å²) < 4.78 is 11.2. The highest BCUT2D eigenvalue weighted by Crippen LogP contribution is 2.32. The molecule has 4 heteroatoms. The summed E-state index contributed by atoms with van der Waals surface area (Å²) in [4.78, 5) is 4.26. The quantitative estimate of drug-likeness (QED) is 0.790. The monoisotopic (exact) mass is 238 g/mol. The van der Waals surface area contributed by atoms with Crippen molar-refractivity contribution in [2.45, 2.75) is 45.8 Å². The highest BCUT2D eigenvalue weighted by molar-refractivity contribution is 4.98. The molecule has 0 unspecified atom stereocenters. The number of hydrogen-bond donors (Lipinski definition) is 1. The van der Waals surface area contributed by atoms with Crippen LogP contribution in [0.4, 0.5) is 0 Å². The van der Waals surface area contributed by atoms with E-state index in [2.05, 4.69) is 24.1 Å². The molecule has 17 heavy (non-hydrogen) atoms. The van der Waals surface area contributed by atoms with Gasteiger partial charge in [-0.2, -0.15) is 0 Å². The molecule has 1 N–H and O–H groups in total. The standard InChI is InChI=1S/C13H22N2O2/c1-3-14-9-13-15-8-12(17-13)7-10-5-11(6-10)16-4-2/h8,10-11,14H,3-7,9H2,1-2H3. The van der Waals surface area contributed by atoms with Crippen molar-refractivity contribution in [3.05, 3.63) is 17.8 Å². The molecule has 0 aliphatic heterocycles. The van der Waals surface area contributed by atoms with E-state index in [-0.39, 0.29) is 0 Å². The summed E-state index contributed by atoms with van der Waals surface area (Å²) in [6.45, 7) is 6.62. The van der Waals surface area contributed by atoms with Crippen molar-refractivity contribution in [1.82, 2.24) is 10.3 Å². The summed E-state index contributed by atoms with van der Waals surface area (Å²) in [6.07, 6.45) is 5.67. The van der Waals surface area contributed by atoms with E-state index in [1.807, 2.05) is 6.20 Å². The molecule has 2 rings (SSSR count). The summed E-state index contributed by atoms with van der Waals surface area (Å²) in [5.41, 5.74) is 0. The Morgan fingerprint density at radius 1 is 1.47 bits per heavy atom. The molecule has 0 spiro atoms. The lowest BCUT2D eigenvalue weighted by Gasteiger charge is -2.34. The van der Waals surface area contributed by atoms with Crippen LogP contribution < -0.4 is 5.32 Å². The number of rotatable bonds is 7. The van der Waals surface area contributed by atoms with Gasteiger partial charge >= 0.3 is 0 Å². The zero-order valence-electron chi connectivity index (χ0n) is 10.7. The second-order valence-corrected chi connectivity index (χ2v) is 4.62. The molecule has 0 amide bonds. The van der Waals surface area contributed by atoms with Gasteiger partial charge in [0.1, 0.15) is 5.76 Å². The Morgan fingerprint density at radius 2 is 2.29 bits per heavy atom. The Hall–Kier alpha value is -0.870. The second-order valence-electron chi connectivity index (χ2n) is 4.62. The Labute approximate surface area is 103 Å². The summed E-state index contributed by atoms with van der Waals surface area (Å²) in [5, 5.41) is 3.21. The van der Waals surface area contributed by atoms with Crippen LogP contribution in [0.25, 0.3) is 0 Å². The Balaban J connectivity index is 1.71. The van der Waals surface area contributed by atoms with Crippen molar-refractivity contribution in [3.8, 4) is 0 Å². The normalized spacial score (nSPS) is 23.6. The van der Waals surface area contributed by atoms with Gasteiger partial charge in [-0.25, -0.2) is 4.98 Å². The molecule has 1 fully saturated rings. The van der Waals surface area contributed by atoms with E-state index in [0.29, 0.717) is 12.0 Å². The van der Waals surface area contributed by atoms with Crippen LogP contribution in [0.2, 0.25) is 0 Å². The van der Waals surface area contributed by atoms with Crippen molar-refractivity contribution < 1.29 is 9.15 Å². The van der Waals surface area contributed by atoms with Crippen LogP contribution in [0.1, 0.15) is 38.3 Å². The number of ether oxygens (including phenoxy) is 1. The van der Waals surface area contributed by atoms with Crippen LogP contribution in [-0.4, -0.2) is 24.2 Å². The first-order valence-electron chi connectivity index (χ1n) is 6.57. The zero-order valence-corrected chi connectivity index (χ0v) is 10.7. The third-order valence-electron chi connectivity index (χ3n) is 3.21. The molecule has 0 aromatic carbocycles. The van der Waals surface area contributed by atoms with Crippen molar-refractivity contribution in [3.63, 3.8) is 0 Å². The number of nitrogens with zero attached hydrogens (tertiary/aromatic N) is 1. The summed E-state index contributed by atoms with van der Waals surface area (Å²) in [6, 6.07) is 0. The van der Waals surface area contributed by atoms with E-state index in [9.17, 15) is 0 Å². The van der Waals surface area contributed by atoms with Crippen LogP contribution in [0.3, 0.4) is 0 Å². The van der Waals surface area contributed by atoms with Gasteiger partial charge in [0.2, 0.25) is 5.89 Å². The van der Waals surface area contributed by atoms with Crippen LogP contribution in [0, 0.1) is 5.92 Å². The van der Waals surface area contributed by atoms with Gasteiger partial charge in [-0.15, -0.1) is 0 Å². The smallest absolute Gasteiger partial charge is 0.208 e. The van der Waals surface area contributed by atoms with Crippen molar-refractivity contribution in [2.75, 3.05) is 13.2 Å². The van der Waals surface area contributed by atoms with Crippen molar-refractivity contribution in [2.24, 2.45) is 5.92 Å².